The molecule has 1 N–H and O–H groups in total. The van der Waals surface area contributed by atoms with Crippen molar-refractivity contribution >= 4 is 10.9 Å². The molecule has 0 saturated carbocycles. The number of benzene rings is 1. The summed E-state index contributed by atoms with van der Waals surface area (Å²) in [5.41, 5.74) is 1.27. The van der Waals surface area contributed by atoms with E-state index < -0.39 is 5.67 Å². The minimum atomic E-state index is -1.11. The number of hydrogen-bond acceptors (Lipinski definition) is 0. The number of halogens is 1. The molecule has 92 valence electrons. The molecule has 0 unspecified atom stereocenters. The standard InChI is InChI=1S/C15H20FN/c1-4-11(9-15(2,3)16)13-10-17-14-8-6-5-7-12(13)14/h5-8,10-11,17H,4,9H2,1-3H3/t11-/m1/s1. The monoisotopic (exact) mass is 233 g/mol. The summed E-state index contributed by atoms with van der Waals surface area (Å²) in [5.74, 6) is 0.283. The summed E-state index contributed by atoms with van der Waals surface area (Å²) < 4.78 is 13.8. The molecule has 0 aliphatic carbocycles. The van der Waals surface area contributed by atoms with E-state index in [1.54, 1.807) is 13.8 Å². The van der Waals surface area contributed by atoms with Gasteiger partial charge in [0.05, 0.1) is 0 Å². The summed E-state index contributed by atoms with van der Waals surface area (Å²) in [7, 11) is 0. The second-order valence-electron chi connectivity index (χ2n) is 5.32. The Morgan fingerprint density at radius 3 is 2.65 bits per heavy atom. The molecule has 2 aromatic rings. The van der Waals surface area contributed by atoms with Crippen LogP contribution >= 0.6 is 0 Å². The van der Waals surface area contributed by atoms with E-state index in [9.17, 15) is 4.39 Å². The van der Waals surface area contributed by atoms with Crippen molar-refractivity contribution in [2.24, 2.45) is 0 Å². The number of alkyl halides is 1. The summed E-state index contributed by atoms with van der Waals surface area (Å²) >= 11 is 0. The van der Waals surface area contributed by atoms with Crippen molar-refractivity contribution in [2.45, 2.75) is 45.2 Å². The van der Waals surface area contributed by atoms with Gasteiger partial charge in [-0.3, -0.25) is 0 Å². The number of nitrogens with one attached hydrogen (secondary N) is 1. The van der Waals surface area contributed by atoms with Crippen LogP contribution in [0.3, 0.4) is 0 Å². The fraction of sp³-hybridized carbons (Fsp3) is 0.467. The number of fused-ring (bicyclic) bond motifs is 1. The van der Waals surface area contributed by atoms with Crippen molar-refractivity contribution < 1.29 is 4.39 Å². The number of rotatable bonds is 4. The van der Waals surface area contributed by atoms with Crippen molar-refractivity contribution in [3.05, 3.63) is 36.0 Å². The fourth-order valence-corrected chi connectivity index (χ4v) is 2.49. The summed E-state index contributed by atoms with van der Waals surface area (Å²) in [6, 6.07) is 8.22. The third-order valence-electron chi connectivity index (χ3n) is 3.29. The van der Waals surface area contributed by atoms with E-state index in [4.69, 9.17) is 0 Å². The zero-order valence-corrected chi connectivity index (χ0v) is 10.8. The van der Waals surface area contributed by atoms with Gasteiger partial charge in [-0.15, -0.1) is 0 Å². The average molecular weight is 233 g/mol. The molecule has 0 amide bonds. The lowest BCUT2D eigenvalue weighted by atomic mass is 9.87. The molecule has 0 spiro atoms. The summed E-state index contributed by atoms with van der Waals surface area (Å²) in [6.45, 7) is 5.44. The van der Waals surface area contributed by atoms with Gasteiger partial charge in [0.25, 0.3) is 0 Å². The van der Waals surface area contributed by atoms with Gasteiger partial charge in [0.2, 0.25) is 0 Å². The largest absolute Gasteiger partial charge is 0.361 e. The Morgan fingerprint density at radius 2 is 2.00 bits per heavy atom. The van der Waals surface area contributed by atoms with Crippen LogP contribution in [0.5, 0.6) is 0 Å². The Bertz CT molecular complexity index is 493. The minimum absolute atomic E-state index is 0.283. The highest BCUT2D eigenvalue weighted by atomic mass is 19.1. The second kappa shape index (κ2) is 4.52. The molecule has 1 heterocycles. The molecule has 2 rings (SSSR count). The highest BCUT2D eigenvalue weighted by molar-refractivity contribution is 5.83. The average Bonchev–Trinajstić information content (AvgIpc) is 2.68. The molecule has 0 fully saturated rings. The normalized spacial score (nSPS) is 14.1. The van der Waals surface area contributed by atoms with Crippen LogP contribution in [-0.4, -0.2) is 10.7 Å². The quantitative estimate of drug-likeness (QED) is 0.780. The smallest absolute Gasteiger partial charge is 0.106 e. The Labute approximate surface area is 102 Å². The van der Waals surface area contributed by atoms with Gasteiger partial charge >= 0.3 is 0 Å². The molecular formula is C15H20FN. The Hall–Kier alpha value is -1.31. The molecule has 1 atom stereocenters. The van der Waals surface area contributed by atoms with Crippen molar-refractivity contribution in [1.82, 2.24) is 4.98 Å². The molecule has 17 heavy (non-hydrogen) atoms. The van der Waals surface area contributed by atoms with Gasteiger partial charge in [-0.2, -0.15) is 0 Å². The molecule has 0 aliphatic heterocycles. The lowest BCUT2D eigenvalue weighted by Gasteiger charge is -2.21. The maximum atomic E-state index is 13.8. The highest BCUT2D eigenvalue weighted by Gasteiger charge is 2.24. The third-order valence-corrected chi connectivity index (χ3v) is 3.29. The predicted molar refractivity (Wildman–Crippen MR) is 71.1 cm³/mol. The van der Waals surface area contributed by atoms with Gasteiger partial charge in [0.15, 0.2) is 0 Å². The van der Waals surface area contributed by atoms with E-state index in [0.29, 0.717) is 6.42 Å². The van der Waals surface area contributed by atoms with Crippen LogP contribution in [0.4, 0.5) is 4.39 Å². The molecule has 0 bridgehead atoms. The lowest BCUT2D eigenvalue weighted by molar-refractivity contribution is 0.186. The first-order chi connectivity index (χ1) is 8.01. The van der Waals surface area contributed by atoms with Gasteiger partial charge < -0.3 is 4.98 Å². The van der Waals surface area contributed by atoms with Crippen molar-refractivity contribution in [3.8, 4) is 0 Å². The lowest BCUT2D eigenvalue weighted by Crippen LogP contribution is -2.16. The van der Waals surface area contributed by atoms with Gasteiger partial charge in [-0.1, -0.05) is 25.1 Å². The van der Waals surface area contributed by atoms with Crippen molar-refractivity contribution in [1.29, 1.82) is 0 Å². The maximum Gasteiger partial charge on any atom is 0.106 e. The minimum Gasteiger partial charge on any atom is -0.361 e. The van der Waals surface area contributed by atoms with Crippen LogP contribution < -0.4 is 0 Å². The number of para-hydroxylation sites is 1. The van der Waals surface area contributed by atoms with E-state index in [0.717, 1.165) is 11.9 Å². The van der Waals surface area contributed by atoms with Crippen molar-refractivity contribution in [3.63, 3.8) is 0 Å². The number of aromatic amines is 1. The van der Waals surface area contributed by atoms with E-state index in [2.05, 4.69) is 24.0 Å². The maximum absolute atomic E-state index is 13.8. The van der Waals surface area contributed by atoms with Gasteiger partial charge in [0.1, 0.15) is 5.67 Å². The topological polar surface area (TPSA) is 15.8 Å². The molecule has 1 nitrogen and oxygen atoms in total. The van der Waals surface area contributed by atoms with Gasteiger partial charge in [0, 0.05) is 17.1 Å². The van der Waals surface area contributed by atoms with Crippen LogP contribution in [0.1, 0.15) is 45.1 Å². The third kappa shape index (κ3) is 2.68. The molecule has 0 aliphatic rings. The Balaban J connectivity index is 2.37. The Morgan fingerprint density at radius 1 is 1.29 bits per heavy atom. The molecule has 0 saturated heterocycles. The fourth-order valence-electron chi connectivity index (χ4n) is 2.49. The van der Waals surface area contributed by atoms with Crippen LogP contribution in [0, 0.1) is 0 Å². The van der Waals surface area contributed by atoms with Gasteiger partial charge in [-0.05, 0) is 44.2 Å². The van der Waals surface area contributed by atoms with E-state index in [1.165, 1.54) is 10.9 Å². The zero-order chi connectivity index (χ0) is 12.5. The molecule has 1 aromatic carbocycles. The highest BCUT2D eigenvalue weighted by Crippen LogP contribution is 2.34. The van der Waals surface area contributed by atoms with Crippen LogP contribution in [0.15, 0.2) is 30.5 Å². The van der Waals surface area contributed by atoms with E-state index in [1.807, 2.05) is 18.3 Å². The molecule has 0 radical (unpaired) electrons. The Kier molecular flexibility index (Phi) is 3.23. The number of aromatic nitrogens is 1. The van der Waals surface area contributed by atoms with Crippen molar-refractivity contribution in [2.75, 3.05) is 0 Å². The van der Waals surface area contributed by atoms with Crippen LogP contribution in [0.2, 0.25) is 0 Å². The second-order valence-corrected chi connectivity index (χ2v) is 5.32. The first-order valence-corrected chi connectivity index (χ1v) is 6.26. The van der Waals surface area contributed by atoms with E-state index in [-0.39, 0.29) is 5.92 Å². The summed E-state index contributed by atoms with van der Waals surface area (Å²) in [5, 5.41) is 1.23. The zero-order valence-electron chi connectivity index (χ0n) is 10.8. The first-order valence-electron chi connectivity index (χ1n) is 6.26. The van der Waals surface area contributed by atoms with E-state index >= 15 is 0 Å². The summed E-state index contributed by atoms with van der Waals surface area (Å²) in [6.07, 6.45) is 3.57. The van der Waals surface area contributed by atoms with Crippen LogP contribution in [-0.2, 0) is 0 Å². The van der Waals surface area contributed by atoms with Gasteiger partial charge in [-0.25, -0.2) is 4.39 Å². The predicted octanol–water partition coefficient (Wildman–Crippen LogP) is 4.80. The number of H-pyrrole nitrogens is 1. The SMILES string of the molecule is CC[C@H](CC(C)(C)F)c1c[nH]c2ccccc12. The van der Waals surface area contributed by atoms with Crippen LogP contribution in [0.25, 0.3) is 10.9 Å². The molecule has 1 aromatic heterocycles. The molecular weight excluding hydrogens is 213 g/mol. The number of hydrogen-bond donors (Lipinski definition) is 1. The molecule has 2 heteroatoms. The summed E-state index contributed by atoms with van der Waals surface area (Å²) in [4.78, 5) is 3.27. The first kappa shape index (κ1) is 12.2.